The summed E-state index contributed by atoms with van der Waals surface area (Å²) in [7, 11) is -34.9. The molecule has 0 saturated heterocycles. The van der Waals surface area contributed by atoms with Crippen LogP contribution >= 0.6 is 0 Å². The Balaban J connectivity index is 2.04. The summed E-state index contributed by atoms with van der Waals surface area (Å²) in [6.45, 7) is 0. The van der Waals surface area contributed by atoms with Crippen LogP contribution in [0.4, 0.5) is 4.79 Å². The fourth-order valence-electron chi connectivity index (χ4n) is 7.50. The molecule has 7 rings (SSSR count). The van der Waals surface area contributed by atoms with Gasteiger partial charge in [0.05, 0.1) is 12.0 Å². The highest BCUT2D eigenvalue weighted by molar-refractivity contribution is 7.91. The van der Waals surface area contributed by atoms with E-state index in [1.165, 1.54) is 0 Å². The summed E-state index contributed by atoms with van der Waals surface area (Å²) in [6, 6.07) is 0.373. The monoisotopic (exact) mass is 931 g/mol. The third-order valence-electron chi connectivity index (χ3n) is 10.00. The maximum absolute atomic E-state index is 15.4. The molecule has 3 heterocycles. The van der Waals surface area contributed by atoms with Crippen molar-refractivity contribution in [1.82, 2.24) is 15.2 Å². The first-order valence-electron chi connectivity index (χ1n) is 15.4. The molecule has 6 aliphatic rings. The number of likely N-dealkylation sites (N-methyl/N-ethyl adjacent to an activating group) is 1. The van der Waals surface area contributed by atoms with Crippen molar-refractivity contribution in [3.63, 3.8) is 0 Å². The third-order valence-corrected chi connectivity index (χ3v) is 16.5. The number of nitrogens with zero attached hydrogens (tertiary/aromatic N) is 2. The molecule has 2 aliphatic heterocycles. The Morgan fingerprint density at radius 3 is 1.69 bits per heavy atom. The summed E-state index contributed by atoms with van der Waals surface area (Å²) in [5.41, 5.74) is -6.81. The van der Waals surface area contributed by atoms with Crippen molar-refractivity contribution in [2.75, 3.05) is 7.05 Å². The predicted molar refractivity (Wildman–Crippen MR) is 194 cm³/mol. The summed E-state index contributed by atoms with van der Waals surface area (Å²) in [5, 5.41) is 3.85. The lowest BCUT2D eigenvalue weighted by molar-refractivity contribution is -0.876. The molecule has 0 saturated carbocycles. The van der Waals surface area contributed by atoms with Gasteiger partial charge in [0.2, 0.25) is 0 Å². The molecule has 0 aromatic carbocycles. The minimum absolute atomic E-state index is 0.132. The topological polar surface area (TPSA) is 389 Å². The van der Waals surface area contributed by atoms with Gasteiger partial charge >= 0.3 is 32.2 Å². The van der Waals surface area contributed by atoms with E-state index in [0.29, 0.717) is 13.1 Å². The number of hydrogen-bond acceptors (Lipinski definition) is 14. The first kappa shape index (κ1) is 43.1. The largest absolute Gasteiger partial charge is 0.365 e. The number of hydrogen-bond donors (Lipinski definition) is 8. The molecule has 24 nitrogen and oxygen atoms in total. The van der Waals surface area contributed by atoms with Gasteiger partial charge in [-0.05, 0) is 41.5 Å². The average molecular weight is 932 g/mol. The van der Waals surface area contributed by atoms with E-state index in [2.05, 4.69) is 0 Å². The zero-order valence-corrected chi connectivity index (χ0v) is 33.8. The first-order chi connectivity index (χ1) is 26.1. The van der Waals surface area contributed by atoms with Crippen LogP contribution in [0.25, 0.3) is 0 Å². The van der Waals surface area contributed by atoms with Crippen molar-refractivity contribution in [1.29, 1.82) is 0 Å². The molecule has 1 aromatic rings. The Kier molecular flexibility index (Phi) is 9.51. The van der Waals surface area contributed by atoms with E-state index >= 15 is 4.79 Å². The Labute approximate surface area is 328 Å². The molecule has 314 valence electrons. The smallest absolute Gasteiger partial charge is 0.343 e. The molecule has 7 bridgehead atoms. The fourth-order valence-corrected chi connectivity index (χ4v) is 13.2. The minimum atomic E-state index is -6.62. The maximum atomic E-state index is 15.4. The second-order valence-corrected chi connectivity index (χ2v) is 22.0. The number of quaternary nitrogens is 1. The molecule has 1 aromatic heterocycles. The molecule has 0 radical (unpaired) electrons. The molecule has 0 fully saturated rings. The summed E-state index contributed by atoms with van der Waals surface area (Å²) in [6.07, 6.45) is -0.656. The van der Waals surface area contributed by atoms with Gasteiger partial charge in [-0.15, -0.1) is 0 Å². The maximum Gasteiger partial charge on any atom is 0.365 e. The van der Waals surface area contributed by atoms with Gasteiger partial charge in [0.1, 0.15) is 20.4 Å². The normalized spacial score (nSPS) is 27.0. The molecule has 3 atom stereocenters. The molecule has 3 unspecified atom stereocenters. The van der Waals surface area contributed by atoms with E-state index in [9.17, 15) is 82.6 Å². The number of aryl methyl sites for hydroxylation is 1. The number of amides is 3. The van der Waals surface area contributed by atoms with Crippen molar-refractivity contribution in [3.8, 4) is 0 Å². The summed E-state index contributed by atoms with van der Waals surface area (Å²) < 4.78 is 223. The number of aromatic nitrogens is 1. The van der Waals surface area contributed by atoms with Gasteiger partial charge in [0.25, 0.3) is 50.2 Å². The van der Waals surface area contributed by atoms with Crippen LogP contribution in [0, 0.1) is 0 Å². The quantitative estimate of drug-likeness (QED) is 0.125. The number of urea groups is 1. The van der Waals surface area contributed by atoms with Gasteiger partial charge in [0, 0.05) is 66.9 Å². The van der Waals surface area contributed by atoms with E-state index < -0.39 is 159 Å². The number of allylic oxidation sites excluding steroid dienone is 6. The molecule has 4 aliphatic carbocycles. The molecule has 8 N–H and O–H groups in total. The highest BCUT2D eigenvalue weighted by Gasteiger charge is 2.77. The van der Waals surface area contributed by atoms with Crippen molar-refractivity contribution in [2.24, 2.45) is 7.05 Å². The lowest BCUT2D eigenvalue weighted by atomic mass is 9.81. The lowest BCUT2D eigenvalue weighted by Gasteiger charge is -2.55. The van der Waals surface area contributed by atoms with Gasteiger partial charge in [-0.25, -0.2) is 14.1 Å². The van der Waals surface area contributed by atoms with Crippen LogP contribution in [0.5, 0.6) is 0 Å². The van der Waals surface area contributed by atoms with E-state index in [1.54, 1.807) is 0 Å². The second-order valence-electron chi connectivity index (χ2n) is 13.2. The molecule has 30 heteroatoms. The summed E-state index contributed by atoms with van der Waals surface area (Å²) in [4.78, 5) is 14.2. The van der Waals surface area contributed by atoms with E-state index in [-0.39, 0.29) is 30.4 Å². The van der Waals surface area contributed by atoms with Crippen LogP contribution in [0.3, 0.4) is 0 Å². The van der Waals surface area contributed by atoms with Crippen LogP contribution in [0.15, 0.2) is 108 Å². The van der Waals surface area contributed by atoms with Crippen LogP contribution in [0.1, 0.15) is 23.3 Å². The van der Waals surface area contributed by atoms with E-state index in [0.717, 1.165) is 29.9 Å². The number of rotatable bonds is 7. The van der Waals surface area contributed by atoms with E-state index in [1.807, 2.05) is 10.6 Å². The van der Waals surface area contributed by atoms with Crippen LogP contribution in [0.2, 0.25) is 0 Å². The molecule has 3 amide bonds. The number of fused-ring (bicyclic) bond motifs is 3. The predicted octanol–water partition coefficient (Wildman–Crippen LogP) is -0.625. The van der Waals surface area contributed by atoms with Gasteiger partial charge in [0.15, 0.2) is 0 Å². The summed E-state index contributed by atoms with van der Waals surface area (Å²) >= 11 is 0. The van der Waals surface area contributed by atoms with Crippen molar-refractivity contribution in [2.45, 2.75) is 22.6 Å². The summed E-state index contributed by atoms with van der Waals surface area (Å²) in [5.74, 6) is -1.90. The Hall–Kier alpha value is -4.44. The Bertz CT molecular complexity index is 3160. The fraction of sp³-hybridized carbons (Fsp3) is 0.214. The van der Waals surface area contributed by atoms with Crippen LogP contribution in [-0.4, -0.2) is 116 Å². The molecular weight excluding hydrogens is 905 g/mol. The third kappa shape index (κ3) is 6.31. The van der Waals surface area contributed by atoms with Crippen molar-refractivity contribution >= 4 is 72.6 Å². The molecule has 58 heavy (non-hydrogen) atoms. The standard InChI is InChI=1S/C28H26N4O20S6/c1-31-5-3-4-21(31)25(33)32(2)27(57(47,48)49)11-15-8-20(22(54(38,39)40)9-17(15)24(13-27)56(44,45)46)30-26(34)29-19-7-14-6-16(53(35,36)37)12-28(32,58(50,51)52)18(14)10-23(19)55(41,42)43/h3-6,9-13H,7-8H2,1-2H3,(H7-,29,30,34,35,36,37,38,39,40,41,42,43,44,45,46,47,48,49,50,51,52)/p+1. The van der Waals surface area contributed by atoms with Crippen LogP contribution < -0.4 is 10.6 Å². The number of carbonyl (C=O) groups is 2. The molecule has 0 spiro atoms. The molecular formula is C28H27N4O20S6+. The SMILES string of the molecule is Cn1cccc1C(=O)[N+]1(C)C2(S(=O)(=O)O)C=C3CC(=C(S(=O)(=O)O)C=C3C(S(=O)(=O)O)=C2)NC(=O)NC2=C(S(=O)(=O)O)C=C3C(=CC(S(=O)(=O)O)=CC31S(=O)(=O)O)C2. The zero-order chi connectivity index (χ0) is 43.8. The van der Waals surface area contributed by atoms with Gasteiger partial charge in [-0.2, -0.15) is 50.5 Å². The number of nitrogens with one attached hydrogen (secondary N) is 2. The van der Waals surface area contributed by atoms with Crippen LogP contribution in [-0.2, 0) is 67.8 Å². The highest BCUT2D eigenvalue weighted by atomic mass is 32.2. The van der Waals surface area contributed by atoms with Crippen molar-refractivity contribution in [3.05, 3.63) is 114 Å². The van der Waals surface area contributed by atoms with E-state index in [4.69, 9.17) is 0 Å². The van der Waals surface area contributed by atoms with Gasteiger partial charge < -0.3 is 15.2 Å². The lowest BCUT2D eigenvalue weighted by Crippen LogP contribution is -2.79. The number of carbonyl (C=O) groups excluding carboxylic acids is 2. The first-order valence-corrected chi connectivity index (χ1v) is 24.0. The van der Waals surface area contributed by atoms with Crippen molar-refractivity contribution < 1.29 is 91.9 Å². The Morgan fingerprint density at radius 1 is 0.707 bits per heavy atom. The average Bonchev–Trinajstić information content (AvgIpc) is 3.47. The minimum Gasteiger partial charge on any atom is -0.343 e. The van der Waals surface area contributed by atoms with Gasteiger partial charge in [-0.3, -0.25) is 27.3 Å². The second kappa shape index (κ2) is 12.8. The van der Waals surface area contributed by atoms with Gasteiger partial charge in [-0.1, -0.05) is 0 Å². The Morgan fingerprint density at radius 2 is 1.24 bits per heavy atom. The highest BCUT2D eigenvalue weighted by Crippen LogP contribution is 2.57. The zero-order valence-electron chi connectivity index (χ0n) is 28.9.